The lowest BCUT2D eigenvalue weighted by Gasteiger charge is -2.29. The molecule has 0 saturated heterocycles. The van der Waals surface area contributed by atoms with Gasteiger partial charge in [0.2, 0.25) is 0 Å². The molecule has 1 aromatic carbocycles. The Morgan fingerprint density at radius 3 is 2.29 bits per heavy atom. The Hall–Kier alpha value is -3.37. The quantitative estimate of drug-likeness (QED) is 0.670. The van der Waals surface area contributed by atoms with Gasteiger partial charge in [0.05, 0.1) is 24.1 Å². The molecule has 1 N–H and O–H groups in total. The van der Waals surface area contributed by atoms with Crippen LogP contribution in [0.5, 0.6) is 0 Å². The highest BCUT2D eigenvalue weighted by Crippen LogP contribution is 2.54. The topological polar surface area (TPSA) is 129 Å². The summed E-state index contributed by atoms with van der Waals surface area (Å²) in [7, 11) is 0. The van der Waals surface area contributed by atoms with Crippen molar-refractivity contribution in [3.8, 4) is 18.2 Å². The van der Waals surface area contributed by atoms with E-state index in [1.807, 2.05) is 0 Å². The van der Waals surface area contributed by atoms with Crippen molar-refractivity contribution in [1.82, 2.24) is 0 Å². The first-order valence-corrected chi connectivity index (χ1v) is 6.96. The summed E-state index contributed by atoms with van der Waals surface area (Å²) in [5, 5.41) is 36.6. The molecular weight excluding hydrogens is 311 g/mol. The molecule has 1 aliphatic rings. The van der Waals surface area contributed by atoms with E-state index in [0.29, 0.717) is 6.29 Å². The lowest BCUT2D eigenvalue weighted by atomic mass is 9.64. The first-order valence-electron chi connectivity index (χ1n) is 6.96. The highest BCUT2D eigenvalue weighted by molar-refractivity contribution is 6.09. The monoisotopic (exact) mass is 322 g/mol. The van der Waals surface area contributed by atoms with E-state index in [2.05, 4.69) is 0 Å². The van der Waals surface area contributed by atoms with Gasteiger partial charge in [0.1, 0.15) is 17.5 Å². The molecule has 1 aliphatic carbocycles. The third-order valence-electron chi connectivity index (χ3n) is 4.41. The first-order chi connectivity index (χ1) is 11.4. The number of benzene rings is 1. The van der Waals surface area contributed by atoms with Gasteiger partial charge in [-0.25, -0.2) is 4.39 Å². The Morgan fingerprint density at radius 2 is 1.83 bits per heavy atom. The van der Waals surface area contributed by atoms with Crippen LogP contribution in [0, 0.1) is 62.0 Å². The predicted molar refractivity (Wildman–Crippen MR) is 79.0 cm³/mol. The van der Waals surface area contributed by atoms with E-state index in [-0.39, 0.29) is 12.0 Å². The van der Waals surface area contributed by atoms with Gasteiger partial charge in [0.15, 0.2) is 11.2 Å². The second-order valence-electron chi connectivity index (χ2n) is 5.61. The number of rotatable bonds is 4. The van der Waals surface area contributed by atoms with Crippen molar-refractivity contribution in [2.24, 2.45) is 16.7 Å². The number of nitrogens with one attached hydrogen (secondary N) is 1. The number of Topliss-reactive ketones (excluding diaryl/α,β-unsaturated/α-hetero) is 1. The smallest absolute Gasteiger partial charge is 0.169 e. The maximum Gasteiger partial charge on any atom is 0.169 e. The lowest BCUT2D eigenvalue weighted by Crippen LogP contribution is -2.41. The van der Waals surface area contributed by atoms with Crippen LogP contribution < -0.4 is 0 Å². The molecule has 0 aliphatic heterocycles. The summed E-state index contributed by atoms with van der Waals surface area (Å²) in [6.45, 7) is 0. The second-order valence-corrected chi connectivity index (χ2v) is 5.61. The summed E-state index contributed by atoms with van der Waals surface area (Å²) in [4.78, 5) is 23.6. The number of carbonyl (C=O) groups excluding carboxylic acids is 2. The van der Waals surface area contributed by atoms with Gasteiger partial charge in [0, 0.05) is 17.7 Å². The standard InChI is InChI=1S/C17H11FN4O2/c18-13-3-1-11(2-4-13)14(24)6-17(10-21)15(22)12(7-23)5-16(17,8-19)9-20/h1-4,7,12,22H,5-6H2/t12?,17-/m1/s1. The van der Waals surface area contributed by atoms with Gasteiger partial charge in [-0.3, -0.25) is 4.79 Å². The number of hydrogen-bond acceptors (Lipinski definition) is 6. The normalized spacial score (nSPS) is 24.4. The van der Waals surface area contributed by atoms with E-state index in [1.54, 1.807) is 18.2 Å². The maximum absolute atomic E-state index is 13.0. The van der Waals surface area contributed by atoms with Crippen LogP contribution in [-0.4, -0.2) is 17.8 Å². The van der Waals surface area contributed by atoms with Crippen LogP contribution in [0.3, 0.4) is 0 Å². The molecule has 0 spiro atoms. The first kappa shape index (κ1) is 17.0. The molecule has 2 rings (SSSR count). The van der Waals surface area contributed by atoms with Crippen molar-refractivity contribution in [3.05, 3.63) is 35.6 Å². The molecule has 118 valence electrons. The number of aldehydes is 1. The fraction of sp³-hybridized carbons (Fsp3) is 0.294. The molecule has 0 heterocycles. The zero-order valence-corrected chi connectivity index (χ0v) is 12.4. The molecule has 1 saturated carbocycles. The van der Waals surface area contributed by atoms with Crippen molar-refractivity contribution in [2.75, 3.05) is 0 Å². The number of nitriles is 3. The van der Waals surface area contributed by atoms with Crippen LogP contribution in [0.25, 0.3) is 0 Å². The Bertz CT molecular complexity index is 827. The summed E-state index contributed by atoms with van der Waals surface area (Å²) in [5.41, 5.74) is -4.27. The predicted octanol–water partition coefficient (Wildman–Crippen LogP) is 2.18. The van der Waals surface area contributed by atoms with Crippen LogP contribution in [0.1, 0.15) is 23.2 Å². The molecule has 7 heteroatoms. The maximum atomic E-state index is 13.0. The molecule has 0 aromatic heterocycles. The summed E-state index contributed by atoms with van der Waals surface area (Å²) in [6.07, 6.45) is -0.487. The number of ketones is 1. The third-order valence-corrected chi connectivity index (χ3v) is 4.41. The van der Waals surface area contributed by atoms with E-state index in [0.717, 1.165) is 12.1 Å². The number of nitrogens with zero attached hydrogens (tertiary/aromatic N) is 3. The highest BCUT2D eigenvalue weighted by Gasteiger charge is 2.65. The van der Waals surface area contributed by atoms with E-state index < -0.39 is 40.5 Å². The molecule has 0 radical (unpaired) electrons. The molecule has 0 amide bonds. The highest BCUT2D eigenvalue weighted by atomic mass is 19.1. The Kier molecular flexibility index (Phi) is 4.26. The SMILES string of the molecule is N#CC1(C#N)CC(C=O)C(=N)[C@]1(C#N)CC(=O)c1ccc(F)cc1. The number of halogens is 1. The van der Waals surface area contributed by atoms with E-state index in [1.165, 1.54) is 12.1 Å². The fourth-order valence-corrected chi connectivity index (χ4v) is 3.00. The molecule has 2 atom stereocenters. The van der Waals surface area contributed by atoms with Crippen molar-refractivity contribution in [2.45, 2.75) is 12.8 Å². The average molecular weight is 322 g/mol. The molecule has 6 nitrogen and oxygen atoms in total. The molecule has 1 aromatic rings. The minimum atomic E-state index is -2.01. The summed E-state index contributed by atoms with van der Waals surface area (Å²) in [6, 6.07) is 9.83. The van der Waals surface area contributed by atoms with Crippen LogP contribution in [0.15, 0.2) is 24.3 Å². The fourth-order valence-electron chi connectivity index (χ4n) is 3.00. The van der Waals surface area contributed by atoms with Gasteiger partial charge >= 0.3 is 0 Å². The van der Waals surface area contributed by atoms with Gasteiger partial charge in [-0.15, -0.1) is 0 Å². The van der Waals surface area contributed by atoms with E-state index >= 15 is 0 Å². The Labute approximate surface area is 137 Å². The van der Waals surface area contributed by atoms with Gasteiger partial charge in [-0.1, -0.05) is 0 Å². The van der Waals surface area contributed by atoms with E-state index in [9.17, 15) is 29.8 Å². The van der Waals surface area contributed by atoms with Gasteiger partial charge in [-0.2, -0.15) is 15.8 Å². The molecule has 1 unspecified atom stereocenters. The van der Waals surface area contributed by atoms with Crippen molar-refractivity contribution < 1.29 is 14.0 Å². The second kappa shape index (κ2) is 6.02. The minimum Gasteiger partial charge on any atom is -0.307 e. The molecule has 0 bridgehead atoms. The summed E-state index contributed by atoms with van der Waals surface area (Å²) < 4.78 is 13.0. The summed E-state index contributed by atoms with van der Waals surface area (Å²) >= 11 is 0. The molecule has 1 fully saturated rings. The van der Waals surface area contributed by atoms with Crippen LogP contribution in [0.2, 0.25) is 0 Å². The molecule has 24 heavy (non-hydrogen) atoms. The van der Waals surface area contributed by atoms with Crippen molar-refractivity contribution >= 4 is 17.8 Å². The Morgan fingerprint density at radius 1 is 1.25 bits per heavy atom. The van der Waals surface area contributed by atoms with Gasteiger partial charge in [-0.05, 0) is 30.7 Å². The van der Waals surface area contributed by atoms with Crippen LogP contribution in [-0.2, 0) is 4.79 Å². The van der Waals surface area contributed by atoms with Gasteiger partial charge in [0.25, 0.3) is 0 Å². The number of carbonyl (C=O) groups is 2. The van der Waals surface area contributed by atoms with Crippen molar-refractivity contribution in [1.29, 1.82) is 21.2 Å². The minimum absolute atomic E-state index is 0.0955. The molecular formula is C17H11FN4O2. The zero-order chi connectivity index (χ0) is 18.0. The summed E-state index contributed by atoms with van der Waals surface area (Å²) in [5.74, 6) is -2.22. The largest absolute Gasteiger partial charge is 0.307 e. The average Bonchev–Trinajstić information content (AvgIpc) is 2.84. The van der Waals surface area contributed by atoms with Crippen molar-refractivity contribution in [3.63, 3.8) is 0 Å². The third kappa shape index (κ3) is 2.26. The van der Waals surface area contributed by atoms with Crippen LogP contribution in [0.4, 0.5) is 4.39 Å². The number of hydrogen-bond donors (Lipinski definition) is 1. The lowest BCUT2D eigenvalue weighted by molar-refractivity contribution is -0.109. The van der Waals surface area contributed by atoms with Gasteiger partial charge < -0.3 is 10.2 Å². The Balaban J connectivity index is 2.52. The van der Waals surface area contributed by atoms with Crippen LogP contribution >= 0.6 is 0 Å². The van der Waals surface area contributed by atoms with E-state index in [4.69, 9.17) is 5.41 Å². The zero-order valence-electron chi connectivity index (χ0n) is 12.4.